The Morgan fingerprint density at radius 2 is 1.90 bits per heavy atom. The Bertz CT molecular complexity index is 1020. The molecule has 0 saturated heterocycles. The van der Waals surface area contributed by atoms with Crippen LogP contribution in [0.2, 0.25) is 0 Å². The van der Waals surface area contributed by atoms with Crippen molar-refractivity contribution in [3.8, 4) is 16.9 Å². The summed E-state index contributed by atoms with van der Waals surface area (Å²) in [6.07, 6.45) is -4.82. The molecule has 3 rings (SSSR count). The minimum atomic E-state index is -4.82. The molecule has 2 amide bonds. The molecule has 6 nitrogen and oxygen atoms in total. The summed E-state index contributed by atoms with van der Waals surface area (Å²) in [5.74, 6) is -2.14. The average molecular weight is 420 g/mol. The predicted molar refractivity (Wildman–Crippen MR) is 102 cm³/mol. The number of nitrogens with zero attached hydrogens (tertiary/aromatic N) is 1. The summed E-state index contributed by atoms with van der Waals surface area (Å²) in [6.45, 7) is 1.68. The van der Waals surface area contributed by atoms with Crippen molar-refractivity contribution in [2.45, 2.75) is 19.3 Å². The van der Waals surface area contributed by atoms with E-state index in [9.17, 15) is 27.9 Å². The van der Waals surface area contributed by atoms with Crippen molar-refractivity contribution in [2.24, 2.45) is 0 Å². The first-order chi connectivity index (χ1) is 14.1. The van der Waals surface area contributed by atoms with Gasteiger partial charge in [0.25, 0.3) is 11.8 Å². The van der Waals surface area contributed by atoms with Crippen LogP contribution in [0.4, 0.5) is 13.2 Å². The van der Waals surface area contributed by atoms with E-state index in [4.69, 9.17) is 0 Å². The highest BCUT2D eigenvalue weighted by molar-refractivity contribution is 6.06. The monoisotopic (exact) mass is 420 g/mol. The summed E-state index contributed by atoms with van der Waals surface area (Å²) in [7, 11) is 1.46. The standard InChI is InChI=1S/C21H19F3N2O4/c1-12(25-19(28)16-11-26(2)20(29)18(16)27)13-6-5-7-14(10-13)15-8-3-4-9-17(15)30-21(22,23)24/h3-10,12,27H,11H2,1-2H3,(H,25,28). The molecule has 9 heteroatoms. The summed E-state index contributed by atoms with van der Waals surface area (Å²) in [6, 6.07) is 11.9. The van der Waals surface area contributed by atoms with Crippen LogP contribution in [0.5, 0.6) is 5.75 Å². The Kier molecular flexibility index (Phi) is 5.73. The van der Waals surface area contributed by atoms with E-state index in [1.165, 1.54) is 30.1 Å². The average Bonchev–Trinajstić information content (AvgIpc) is 2.94. The first-order valence-corrected chi connectivity index (χ1v) is 9.00. The second-order valence-corrected chi connectivity index (χ2v) is 6.85. The molecule has 1 unspecified atom stereocenters. The van der Waals surface area contributed by atoms with Gasteiger partial charge in [0.15, 0.2) is 5.76 Å². The van der Waals surface area contributed by atoms with E-state index in [1.807, 2.05) is 0 Å². The van der Waals surface area contributed by atoms with Gasteiger partial charge in [-0.2, -0.15) is 0 Å². The van der Waals surface area contributed by atoms with Crippen LogP contribution in [0.15, 0.2) is 59.9 Å². The number of rotatable bonds is 5. The number of ether oxygens (including phenoxy) is 1. The van der Waals surface area contributed by atoms with E-state index in [0.717, 1.165) is 0 Å². The van der Waals surface area contributed by atoms with Gasteiger partial charge in [-0.15, -0.1) is 13.2 Å². The summed E-state index contributed by atoms with van der Waals surface area (Å²) in [5.41, 5.74) is 1.32. The highest BCUT2D eigenvalue weighted by Gasteiger charge is 2.33. The molecule has 158 valence electrons. The quantitative estimate of drug-likeness (QED) is 0.773. The van der Waals surface area contributed by atoms with E-state index in [-0.39, 0.29) is 23.4 Å². The molecule has 2 aromatic rings. The van der Waals surface area contributed by atoms with Crippen molar-refractivity contribution >= 4 is 11.8 Å². The van der Waals surface area contributed by atoms with E-state index >= 15 is 0 Å². The second-order valence-electron chi connectivity index (χ2n) is 6.85. The number of halogens is 3. The fourth-order valence-electron chi connectivity index (χ4n) is 3.13. The number of likely N-dealkylation sites (N-methyl/N-ethyl adjacent to an activating group) is 1. The van der Waals surface area contributed by atoms with Crippen LogP contribution >= 0.6 is 0 Å². The third kappa shape index (κ3) is 4.56. The maximum Gasteiger partial charge on any atom is 0.573 e. The Morgan fingerprint density at radius 3 is 2.53 bits per heavy atom. The number of alkyl halides is 3. The summed E-state index contributed by atoms with van der Waals surface area (Å²) in [4.78, 5) is 25.3. The van der Waals surface area contributed by atoms with Gasteiger partial charge in [0, 0.05) is 12.6 Å². The number of nitrogens with one attached hydrogen (secondary N) is 1. The molecular formula is C21H19F3N2O4. The van der Waals surface area contributed by atoms with Crippen LogP contribution in [0.1, 0.15) is 18.5 Å². The van der Waals surface area contributed by atoms with Crippen molar-refractivity contribution < 1.29 is 32.6 Å². The maximum atomic E-state index is 12.7. The topological polar surface area (TPSA) is 78.9 Å². The molecule has 0 bridgehead atoms. The maximum absolute atomic E-state index is 12.7. The molecule has 2 aromatic carbocycles. The lowest BCUT2D eigenvalue weighted by Crippen LogP contribution is -2.30. The SMILES string of the molecule is CC(NC(=O)C1=C(O)C(=O)N(C)C1)c1cccc(-c2ccccc2OC(F)(F)F)c1. The van der Waals surface area contributed by atoms with Gasteiger partial charge in [0.05, 0.1) is 18.2 Å². The molecule has 0 aliphatic carbocycles. The number of carbonyl (C=O) groups is 2. The molecule has 0 spiro atoms. The van der Waals surface area contributed by atoms with Gasteiger partial charge in [-0.1, -0.05) is 36.4 Å². The largest absolute Gasteiger partial charge is 0.573 e. The van der Waals surface area contributed by atoms with Crippen LogP contribution in [-0.4, -0.2) is 41.8 Å². The van der Waals surface area contributed by atoms with Gasteiger partial charge >= 0.3 is 6.36 Å². The highest BCUT2D eigenvalue weighted by atomic mass is 19.4. The van der Waals surface area contributed by atoms with Crippen LogP contribution in [0.25, 0.3) is 11.1 Å². The van der Waals surface area contributed by atoms with Crippen LogP contribution in [0, 0.1) is 0 Å². The van der Waals surface area contributed by atoms with Gasteiger partial charge < -0.3 is 20.1 Å². The number of carbonyl (C=O) groups excluding carboxylic acids is 2. The van der Waals surface area contributed by atoms with Crippen molar-refractivity contribution in [1.29, 1.82) is 0 Å². The number of benzene rings is 2. The third-order valence-corrected chi connectivity index (χ3v) is 4.66. The second kappa shape index (κ2) is 8.10. The van der Waals surface area contributed by atoms with E-state index in [0.29, 0.717) is 11.1 Å². The Morgan fingerprint density at radius 1 is 1.20 bits per heavy atom. The number of amides is 2. The summed E-state index contributed by atoms with van der Waals surface area (Å²) >= 11 is 0. The molecule has 1 atom stereocenters. The van der Waals surface area contributed by atoms with Crippen LogP contribution in [-0.2, 0) is 9.59 Å². The zero-order chi connectivity index (χ0) is 22.1. The lowest BCUT2D eigenvalue weighted by Gasteiger charge is -2.17. The van der Waals surface area contributed by atoms with Crippen molar-refractivity contribution in [1.82, 2.24) is 10.2 Å². The van der Waals surface area contributed by atoms with E-state index in [1.54, 1.807) is 37.3 Å². The molecule has 1 heterocycles. The van der Waals surface area contributed by atoms with E-state index < -0.39 is 30.0 Å². The minimum absolute atomic E-state index is 0.00852. The number of hydrogen-bond donors (Lipinski definition) is 2. The van der Waals surface area contributed by atoms with Crippen molar-refractivity contribution in [3.05, 3.63) is 65.4 Å². The first-order valence-electron chi connectivity index (χ1n) is 9.00. The lowest BCUT2D eigenvalue weighted by molar-refractivity contribution is -0.274. The zero-order valence-electron chi connectivity index (χ0n) is 16.2. The zero-order valence-corrected chi connectivity index (χ0v) is 16.2. The molecule has 0 saturated carbocycles. The highest BCUT2D eigenvalue weighted by Crippen LogP contribution is 2.34. The molecule has 0 aromatic heterocycles. The van der Waals surface area contributed by atoms with E-state index in [2.05, 4.69) is 10.1 Å². The van der Waals surface area contributed by atoms with Crippen molar-refractivity contribution in [2.75, 3.05) is 13.6 Å². The number of aliphatic hydroxyl groups is 1. The molecular weight excluding hydrogens is 401 g/mol. The molecule has 0 radical (unpaired) electrons. The smallest absolute Gasteiger partial charge is 0.503 e. The van der Waals surface area contributed by atoms with Crippen molar-refractivity contribution in [3.63, 3.8) is 0 Å². The minimum Gasteiger partial charge on any atom is -0.503 e. The van der Waals surface area contributed by atoms with Gasteiger partial charge in [0.1, 0.15) is 5.75 Å². The lowest BCUT2D eigenvalue weighted by atomic mass is 9.99. The van der Waals surface area contributed by atoms with Crippen LogP contribution in [0.3, 0.4) is 0 Å². The number of hydrogen-bond acceptors (Lipinski definition) is 4. The Labute approximate surface area is 170 Å². The van der Waals surface area contributed by atoms with Gasteiger partial charge in [-0.25, -0.2) is 0 Å². The third-order valence-electron chi connectivity index (χ3n) is 4.66. The van der Waals surface area contributed by atoms with Gasteiger partial charge in [-0.05, 0) is 30.2 Å². The summed E-state index contributed by atoms with van der Waals surface area (Å²) in [5, 5.41) is 12.5. The molecule has 1 aliphatic rings. The molecule has 0 fully saturated rings. The number of aliphatic hydroxyl groups excluding tert-OH is 1. The van der Waals surface area contributed by atoms with Crippen LogP contribution < -0.4 is 10.1 Å². The van der Waals surface area contributed by atoms with Gasteiger partial charge in [-0.3, -0.25) is 9.59 Å². The summed E-state index contributed by atoms with van der Waals surface area (Å²) < 4.78 is 42.2. The normalized spacial score (nSPS) is 15.4. The molecule has 2 N–H and O–H groups in total. The number of para-hydroxylation sites is 1. The first kappa shape index (κ1) is 21.2. The molecule has 1 aliphatic heterocycles. The Hall–Kier alpha value is -3.49. The fraction of sp³-hybridized carbons (Fsp3) is 0.238. The van der Waals surface area contributed by atoms with Gasteiger partial charge in [0.2, 0.25) is 0 Å². The fourth-order valence-corrected chi connectivity index (χ4v) is 3.13. The Balaban J connectivity index is 1.83. The molecule has 30 heavy (non-hydrogen) atoms. The predicted octanol–water partition coefficient (Wildman–Crippen LogP) is 3.71.